The van der Waals surface area contributed by atoms with Gasteiger partial charge in [-0.3, -0.25) is 0 Å². The summed E-state index contributed by atoms with van der Waals surface area (Å²) in [5, 5.41) is 4.06. The molecule has 2 rings (SSSR count). The number of hydrogen-bond acceptors (Lipinski definition) is 2. The maximum absolute atomic E-state index is 6.23. The molecule has 0 saturated carbocycles. The van der Waals surface area contributed by atoms with Crippen LogP contribution in [0.5, 0.6) is 0 Å². The average molecular weight is 250 g/mol. The summed E-state index contributed by atoms with van der Waals surface area (Å²) in [6.07, 6.45) is 4.41. The molecule has 1 aromatic heterocycles. The van der Waals surface area contributed by atoms with Crippen molar-refractivity contribution in [2.75, 3.05) is 7.05 Å². The van der Waals surface area contributed by atoms with Crippen molar-refractivity contribution in [1.82, 2.24) is 15.3 Å². The van der Waals surface area contributed by atoms with Crippen molar-refractivity contribution in [1.29, 1.82) is 0 Å². The van der Waals surface area contributed by atoms with Crippen molar-refractivity contribution in [2.24, 2.45) is 0 Å². The summed E-state index contributed by atoms with van der Waals surface area (Å²) in [5.74, 6) is 0.934. The van der Waals surface area contributed by atoms with Gasteiger partial charge in [-0.2, -0.15) is 0 Å². The normalized spacial score (nSPS) is 12.6. The largest absolute Gasteiger partial charge is 0.347 e. The molecule has 3 nitrogen and oxygen atoms in total. The quantitative estimate of drug-likeness (QED) is 0.875. The zero-order chi connectivity index (χ0) is 12.3. The smallest absolute Gasteiger partial charge is 0.123 e. The fourth-order valence-corrected chi connectivity index (χ4v) is 2.15. The molecule has 1 atom stereocenters. The summed E-state index contributed by atoms with van der Waals surface area (Å²) in [5.41, 5.74) is 2.31. The summed E-state index contributed by atoms with van der Waals surface area (Å²) >= 11 is 6.23. The SMILES string of the molecule is CNC(Cc1ccc(C)cc1Cl)c1ncc[nH]1. The fraction of sp³-hybridized carbons (Fsp3) is 0.308. The van der Waals surface area contributed by atoms with Crippen LogP contribution in [0.2, 0.25) is 5.02 Å². The van der Waals surface area contributed by atoms with Crippen LogP contribution >= 0.6 is 11.6 Å². The molecular weight excluding hydrogens is 234 g/mol. The number of aromatic amines is 1. The highest BCUT2D eigenvalue weighted by Gasteiger charge is 2.13. The number of imidazole rings is 1. The Morgan fingerprint density at radius 2 is 2.29 bits per heavy atom. The van der Waals surface area contributed by atoms with Crippen LogP contribution in [-0.4, -0.2) is 17.0 Å². The second kappa shape index (κ2) is 5.34. The van der Waals surface area contributed by atoms with E-state index in [1.54, 1.807) is 6.20 Å². The van der Waals surface area contributed by atoms with E-state index in [9.17, 15) is 0 Å². The minimum Gasteiger partial charge on any atom is -0.347 e. The van der Waals surface area contributed by atoms with Gasteiger partial charge in [0.1, 0.15) is 5.82 Å². The number of hydrogen-bond donors (Lipinski definition) is 2. The number of aryl methyl sites for hydroxylation is 1. The fourth-order valence-electron chi connectivity index (χ4n) is 1.84. The van der Waals surface area contributed by atoms with Crippen molar-refractivity contribution in [3.63, 3.8) is 0 Å². The molecule has 2 N–H and O–H groups in total. The van der Waals surface area contributed by atoms with Gasteiger partial charge in [0.2, 0.25) is 0 Å². The molecule has 17 heavy (non-hydrogen) atoms. The number of aromatic nitrogens is 2. The zero-order valence-electron chi connectivity index (χ0n) is 10.00. The van der Waals surface area contributed by atoms with Crippen LogP contribution in [0.25, 0.3) is 0 Å². The van der Waals surface area contributed by atoms with Gasteiger partial charge in [0.15, 0.2) is 0 Å². The van der Waals surface area contributed by atoms with Gasteiger partial charge in [-0.1, -0.05) is 23.7 Å². The van der Waals surface area contributed by atoms with Crippen molar-refractivity contribution in [3.8, 4) is 0 Å². The topological polar surface area (TPSA) is 40.7 Å². The molecule has 1 unspecified atom stereocenters. The highest BCUT2D eigenvalue weighted by molar-refractivity contribution is 6.31. The van der Waals surface area contributed by atoms with Crippen LogP contribution in [0, 0.1) is 6.92 Å². The highest BCUT2D eigenvalue weighted by Crippen LogP contribution is 2.22. The van der Waals surface area contributed by atoms with Crippen molar-refractivity contribution < 1.29 is 0 Å². The molecule has 0 amide bonds. The Hall–Kier alpha value is -1.32. The van der Waals surface area contributed by atoms with E-state index in [-0.39, 0.29) is 6.04 Å². The lowest BCUT2D eigenvalue weighted by atomic mass is 10.0. The van der Waals surface area contributed by atoms with Crippen LogP contribution in [0.15, 0.2) is 30.6 Å². The van der Waals surface area contributed by atoms with Crippen LogP contribution < -0.4 is 5.32 Å². The van der Waals surface area contributed by atoms with E-state index in [0.29, 0.717) is 0 Å². The highest BCUT2D eigenvalue weighted by atomic mass is 35.5. The Morgan fingerprint density at radius 3 is 2.88 bits per heavy atom. The third-order valence-electron chi connectivity index (χ3n) is 2.83. The van der Waals surface area contributed by atoms with Gasteiger partial charge in [-0.05, 0) is 37.6 Å². The van der Waals surface area contributed by atoms with Crippen LogP contribution in [0.4, 0.5) is 0 Å². The number of likely N-dealkylation sites (N-methyl/N-ethyl adjacent to an activating group) is 1. The number of rotatable bonds is 4. The molecule has 2 aromatic rings. The van der Waals surface area contributed by atoms with Crippen LogP contribution in [-0.2, 0) is 6.42 Å². The van der Waals surface area contributed by atoms with E-state index in [4.69, 9.17) is 11.6 Å². The van der Waals surface area contributed by atoms with Crippen molar-refractivity contribution in [3.05, 3.63) is 52.6 Å². The van der Waals surface area contributed by atoms with Gasteiger partial charge >= 0.3 is 0 Å². The lowest BCUT2D eigenvalue weighted by molar-refractivity contribution is 0.563. The third kappa shape index (κ3) is 2.87. The molecule has 1 aromatic carbocycles. The second-order valence-corrected chi connectivity index (χ2v) is 4.52. The second-order valence-electron chi connectivity index (χ2n) is 4.11. The Bertz CT molecular complexity index is 479. The lowest BCUT2D eigenvalue weighted by Gasteiger charge is -2.14. The monoisotopic (exact) mass is 249 g/mol. The predicted octanol–water partition coefficient (Wildman–Crippen LogP) is 2.87. The van der Waals surface area contributed by atoms with Gasteiger partial charge in [-0.25, -0.2) is 4.98 Å². The Balaban J connectivity index is 2.19. The molecule has 0 bridgehead atoms. The Labute approximate surface area is 106 Å². The predicted molar refractivity (Wildman–Crippen MR) is 70.3 cm³/mol. The van der Waals surface area contributed by atoms with E-state index in [2.05, 4.69) is 27.4 Å². The maximum Gasteiger partial charge on any atom is 0.123 e. The first-order valence-corrected chi connectivity index (χ1v) is 6.00. The van der Waals surface area contributed by atoms with Crippen molar-refractivity contribution in [2.45, 2.75) is 19.4 Å². The number of halogens is 1. The first kappa shape index (κ1) is 12.1. The molecule has 0 fully saturated rings. The lowest BCUT2D eigenvalue weighted by Crippen LogP contribution is -2.20. The molecule has 0 spiro atoms. The molecule has 90 valence electrons. The van der Waals surface area contributed by atoms with E-state index < -0.39 is 0 Å². The molecule has 0 aliphatic carbocycles. The van der Waals surface area contributed by atoms with Crippen LogP contribution in [0.1, 0.15) is 23.0 Å². The minimum atomic E-state index is 0.158. The molecule has 0 radical (unpaired) electrons. The first-order chi connectivity index (χ1) is 8.20. The summed E-state index contributed by atoms with van der Waals surface area (Å²) in [6, 6.07) is 6.30. The number of nitrogens with zero attached hydrogens (tertiary/aromatic N) is 1. The van der Waals surface area contributed by atoms with E-state index >= 15 is 0 Å². The van der Waals surface area contributed by atoms with E-state index in [1.807, 2.05) is 26.2 Å². The van der Waals surface area contributed by atoms with Gasteiger partial charge < -0.3 is 10.3 Å². The standard InChI is InChI=1S/C13H16ClN3/c1-9-3-4-10(11(14)7-9)8-12(15-2)13-16-5-6-17-13/h3-7,12,15H,8H2,1-2H3,(H,16,17). The number of nitrogens with one attached hydrogen (secondary N) is 2. The molecule has 0 aliphatic rings. The Kier molecular flexibility index (Phi) is 3.82. The summed E-state index contributed by atoms with van der Waals surface area (Å²) < 4.78 is 0. The molecule has 0 saturated heterocycles. The minimum absolute atomic E-state index is 0.158. The van der Waals surface area contributed by atoms with Gasteiger partial charge in [-0.15, -0.1) is 0 Å². The van der Waals surface area contributed by atoms with E-state index in [0.717, 1.165) is 22.8 Å². The zero-order valence-corrected chi connectivity index (χ0v) is 10.8. The van der Waals surface area contributed by atoms with Crippen LogP contribution in [0.3, 0.4) is 0 Å². The third-order valence-corrected chi connectivity index (χ3v) is 3.18. The molecule has 0 aliphatic heterocycles. The molecule has 4 heteroatoms. The number of benzene rings is 1. The summed E-state index contributed by atoms with van der Waals surface area (Å²) in [7, 11) is 1.93. The molecule has 1 heterocycles. The molecular formula is C13H16ClN3. The first-order valence-electron chi connectivity index (χ1n) is 5.62. The average Bonchev–Trinajstić information content (AvgIpc) is 2.81. The van der Waals surface area contributed by atoms with Gasteiger partial charge in [0, 0.05) is 17.4 Å². The number of H-pyrrole nitrogens is 1. The van der Waals surface area contributed by atoms with Crippen molar-refractivity contribution >= 4 is 11.6 Å². The van der Waals surface area contributed by atoms with Gasteiger partial charge in [0.05, 0.1) is 6.04 Å². The summed E-state index contributed by atoms with van der Waals surface area (Å²) in [6.45, 7) is 2.04. The Morgan fingerprint density at radius 1 is 1.47 bits per heavy atom. The van der Waals surface area contributed by atoms with Gasteiger partial charge in [0.25, 0.3) is 0 Å². The summed E-state index contributed by atoms with van der Waals surface area (Å²) in [4.78, 5) is 7.39. The van der Waals surface area contributed by atoms with E-state index in [1.165, 1.54) is 5.56 Å². The maximum atomic E-state index is 6.23.